The topological polar surface area (TPSA) is 79.1 Å². The van der Waals surface area contributed by atoms with Crippen LogP contribution >= 0.6 is 11.3 Å². The number of fused-ring (bicyclic) bond motifs is 1. The van der Waals surface area contributed by atoms with E-state index in [4.69, 9.17) is 14.2 Å². The molecule has 4 rings (SSSR count). The summed E-state index contributed by atoms with van der Waals surface area (Å²) in [5.74, 6) is 0.515. The third-order valence-corrected chi connectivity index (χ3v) is 7.32. The van der Waals surface area contributed by atoms with Crippen LogP contribution in [0.2, 0.25) is 0 Å². The number of methoxy groups -OCH3 is 1. The first-order valence-electron chi connectivity index (χ1n) is 12.9. The van der Waals surface area contributed by atoms with Gasteiger partial charge in [-0.15, -0.1) is 0 Å². The molecule has 7 nitrogen and oxygen atoms in total. The van der Waals surface area contributed by atoms with Crippen LogP contribution in [0.15, 0.2) is 69.6 Å². The van der Waals surface area contributed by atoms with Gasteiger partial charge in [0.1, 0.15) is 18.4 Å². The maximum Gasteiger partial charge on any atom is 0.338 e. The summed E-state index contributed by atoms with van der Waals surface area (Å²) in [6.07, 6.45) is 2.70. The Bertz CT molecular complexity index is 1500. The highest BCUT2D eigenvalue weighted by atomic mass is 32.1. The van der Waals surface area contributed by atoms with E-state index in [-0.39, 0.29) is 18.8 Å². The van der Waals surface area contributed by atoms with Gasteiger partial charge in [0.25, 0.3) is 5.56 Å². The van der Waals surface area contributed by atoms with Gasteiger partial charge in [-0.2, -0.15) is 0 Å². The van der Waals surface area contributed by atoms with Gasteiger partial charge >= 0.3 is 5.97 Å². The molecule has 0 aliphatic carbocycles. The number of hydrogen-bond acceptors (Lipinski definition) is 7. The molecule has 0 N–H and O–H groups in total. The molecule has 1 aromatic heterocycles. The summed E-state index contributed by atoms with van der Waals surface area (Å²) in [5.41, 5.74) is 3.48. The second-order valence-electron chi connectivity index (χ2n) is 9.42. The van der Waals surface area contributed by atoms with Crippen LogP contribution in [0.3, 0.4) is 0 Å². The molecule has 1 atom stereocenters. The summed E-state index contributed by atoms with van der Waals surface area (Å²) in [6.45, 7) is 8.99. The number of nitrogens with zero attached hydrogens (tertiary/aromatic N) is 2. The number of ether oxygens (including phenoxy) is 3. The Labute approximate surface area is 226 Å². The van der Waals surface area contributed by atoms with Crippen molar-refractivity contribution in [3.8, 4) is 5.75 Å². The molecule has 0 amide bonds. The predicted molar refractivity (Wildman–Crippen MR) is 149 cm³/mol. The monoisotopic (exact) mass is 534 g/mol. The Morgan fingerprint density at radius 1 is 1.11 bits per heavy atom. The summed E-state index contributed by atoms with van der Waals surface area (Å²) < 4.78 is 18.7. The third-order valence-electron chi connectivity index (χ3n) is 6.34. The average Bonchev–Trinajstić information content (AvgIpc) is 3.21. The third kappa shape index (κ3) is 5.81. The summed E-state index contributed by atoms with van der Waals surface area (Å²) in [4.78, 5) is 32.4. The van der Waals surface area contributed by atoms with Gasteiger partial charge in [-0.1, -0.05) is 74.6 Å². The van der Waals surface area contributed by atoms with Crippen LogP contribution in [-0.2, 0) is 14.3 Å². The van der Waals surface area contributed by atoms with E-state index in [9.17, 15) is 9.59 Å². The van der Waals surface area contributed by atoms with Crippen LogP contribution in [-0.4, -0.2) is 37.5 Å². The van der Waals surface area contributed by atoms with Gasteiger partial charge in [0.2, 0.25) is 0 Å². The van der Waals surface area contributed by atoms with Crippen molar-refractivity contribution in [1.29, 1.82) is 0 Å². The van der Waals surface area contributed by atoms with Gasteiger partial charge in [-0.05, 0) is 42.5 Å². The molecule has 0 saturated heterocycles. The second-order valence-corrected chi connectivity index (χ2v) is 10.4. The van der Waals surface area contributed by atoms with Crippen LogP contribution in [0.5, 0.6) is 5.75 Å². The van der Waals surface area contributed by atoms with E-state index < -0.39 is 12.0 Å². The number of hydrogen-bond donors (Lipinski definition) is 0. The van der Waals surface area contributed by atoms with E-state index >= 15 is 0 Å². The number of benzene rings is 2. The van der Waals surface area contributed by atoms with Gasteiger partial charge in [-0.25, -0.2) is 9.79 Å². The summed E-state index contributed by atoms with van der Waals surface area (Å²) >= 11 is 1.31. The number of carbonyl (C=O) groups is 1. The minimum Gasteiger partial charge on any atom is -0.493 e. The van der Waals surface area contributed by atoms with E-state index in [2.05, 4.69) is 31.0 Å². The lowest BCUT2D eigenvalue weighted by Gasteiger charge is -2.26. The van der Waals surface area contributed by atoms with Crippen LogP contribution in [0.4, 0.5) is 0 Å². The minimum absolute atomic E-state index is 0.101. The number of carbonyl (C=O) groups excluding carboxylic acids is 1. The molecule has 8 heteroatoms. The molecule has 38 heavy (non-hydrogen) atoms. The first kappa shape index (κ1) is 27.5. The van der Waals surface area contributed by atoms with Crippen LogP contribution in [0.25, 0.3) is 6.08 Å². The molecule has 0 fully saturated rings. The highest BCUT2D eigenvalue weighted by Crippen LogP contribution is 2.36. The van der Waals surface area contributed by atoms with Crippen LogP contribution < -0.4 is 19.6 Å². The number of aromatic nitrogens is 1. The zero-order valence-electron chi connectivity index (χ0n) is 22.5. The second kappa shape index (κ2) is 12.4. The molecule has 1 aliphatic rings. The number of thiazole rings is 1. The zero-order valence-corrected chi connectivity index (χ0v) is 23.3. The molecule has 200 valence electrons. The summed E-state index contributed by atoms with van der Waals surface area (Å²) in [5, 5.41) is 0. The minimum atomic E-state index is -0.736. The Morgan fingerprint density at radius 3 is 2.53 bits per heavy atom. The molecule has 2 aromatic carbocycles. The van der Waals surface area contributed by atoms with Crippen molar-refractivity contribution in [3.63, 3.8) is 0 Å². The first-order chi connectivity index (χ1) is 18.3. The molecular weight excluding hydrogens is 500 g/mol. The van der Waals surface area contributed by atoms with Crippen molar-refractivity contribution in [2.24, 2.45) is 4.99 Å². The fourth-order valence-corrected chi connectivity index (χ4v) is 5.40. The molecule has 0 unspecified atom stereocenters. The summed E-state index contributed by atoms with van der Waals surface area (Å²) in [6, 6.07) is 15.0. The highest BCUT2D eigenvalue weighted by molar-refractivity contribution is 7.07. The maximum absolute atomic E-state index is 13.9. The quantitative estimate of drug-likeness (QED) is 0.286. The van der Waals surface area contributed by atoms with Gasteiger partial charge in [0.15, 0.2) is 4.80 Å². The average molecular weight is 535 g/mol. The smallest absolute Gasteiger partial charge is 0.338 e. The van der Waals surface area contributed by atoms with Crippen LogP contribution in [0, 0.1) is 0 Å². The van der Waals surface area contributed by atoms with Crippen molar-refractivity contribution in [2.75, 3.05) is 26.9 Å². The maximum atomic E-state index is 13.9. The highest BCUT2D eigenvalue weighted by Gasteiger charge is 2.35. The van der Waals surface area contributed by atoms with Crippen molar-refractivity contribution in [3.05, 3.63) is 96.2 Å². The van der Waals surface area contributed by atoms with Gasteiger partial charge in [0.05, 0.1) is 29.0 Å². The molecule has 2 heterocycles. The fourth-order valence-electron chi connectivity index (χ4n) is 4.35. The zero-order chi connectivity index (χ0) is 27.2. The van der Waals surface area contributed by atoms with Crippen LogP contribution in [0.1, 0.15) is 62.8 Å². The lowest BCUT2D eigenvalue weighted by molar-refractivity contribution is -0.140. The lowest BCUT2D eigenvalue weighted by Crippen LogP contribution is -2.40. The normalized spacial score (nSPS) is 15.4. The number of para-hydroxylation sites is 1. The van der Waals surface area contributed by atoms with E-state index in [0.717, 1.165) is 12.0 Å². The first-order valence-corrected chi connectivity index (χ1v) is 13.7. The molecule has 0 saturated carbocycles. The van der Waals surface area contributed by atoms with Gasteiger partial charge in [-0.3, -0.25) is 9.36 Å². The van der Waals surface area contributed by atoms with Gasteiger partial charge in [0, 0.05) is 12.7 Å². The lowest BCUT2D eigenvalue weighted by atomic mass is 9.95. The van der Waals surface area contributed by atoms with E-state index in [0.29, 0.717) is 44.4 Å². The van der Waals surface area contributed by atoms with Crippen molar-refractivity contribution < 1.29 is 19.0 Å². The van der Waals surface area contributed by atoms with Crippen molar-refractivity contribution >= 4 is 23.4 Å². The molecular formula is C30H34N2O5S. The Kier molecular flexibility index (Phi) is 8.97. The molecule has 3 aromatic rings. The SMILES string of the molecule is CCCOc1ccccc1[C@H]1C(C(=O)OCCOC)=C(C)N=c2s/c(=C/c3ccc(C(C)C)cc3)c(=O)n21. The molecule has 1 aliphatic heterocycles. The number of allylic oxidation sites excluding steroid dienone is 1. The van der Waals surface area contributed by atoms with E-state index in [1.54, 1.807) is 18.6 Å². The Balaban J connectivity index is 1.88. The van der Waals surface area contributed by atoms with E-state index in [1.165, 1.54) is 16.9 Å². The molecule has 0 spiro atoms. The molecule has 0 bridgehead atoms. The molecule has 0 radical (unpaired) electrons. The summed E-state index contributed by atoms with van der Waals surface area (Å²) in [7, 11) is 1.55. The number of esters is 1. The van der Waals surface area contributed by atoms with Crippen molar-refractivity contribution in [1.82, 2.24) is 4.57 Å². The van der Waals surface area contributed by atoms with Gasteiger partial charge < -0.3 is 14.2 Å². The fraction of sp³-hybridized carbons (Fsp3) is 0.367. The van der Waals surface area contributed by atoms with Crippen molar-refractivity contribution in [2.45, 2.75) is 46.1 Å². The predicted octanol–water partition coefficient (Wildman–Crippen LogP) is 4.34. The Morgan fingerprint density at radius 2 is 1.84 bits per heavy atom. The van der Waals surface area contributed by atoms with E-state index in [1.807, 2.05) is 49.4 Å². The standard InChI is InChI=1S/C30H34N2O5S/c1-6-15-36-24-10-8-7-9-23(24)27-26(29(34)37-17-16-35-5)20(4)31-30-32(27)28(33)25(38-30)18-21-11-13-22(14-12-21)19(2)3/h7-14,18-19,27H,6,15-17H2,1-5H3/b25-18+/t27-/m0/s1. The number of rotatable bonds is 10. The Hall–Kier alpha value is -3.49. The largest absolute Gasteiger partial charge is 0.493 e.